The van der Waals surface area contributed by atoms with E-state index < -0.39 is 0 Å². The van der Waals surface area contributed by atoms with Crippen LogP contribution in [-0.4, -0.2) is 12.8 Å². The van der Waals surface area contributed by atoms with Crippen molar-refractivity contribution < 1.29 is 1.43 Å². The Morgan fingerprint density at radius 2 is 1.88 bits per heavy atom. The highest BCUT2D eigenvalue weighted by Crippen LogP contribution is 2.40. The summed E-state index contributed by atoms with van der Waals surface area (Å²) in [6.45, 7) is 14.3. The number of hydrogen-bond acceptors (Lipinski definition) is 1. The summed E-state index contributed by atoms with van der Waals surface area (Å²) in [5, 5.41) is 0. The highest BCUT2D eigenvalue weighted by Gasteiger charge is 2.26. The fourth-order valence-corrected chi connectivity index (χ4v) is 3.06. The molecule has 1 aliphatic carbocycles. The Balaban J connectivity index is 0.00000576. The van der Waals surface area contributed by atoms with Crippen LogP contribution in [0.1, 0.15) is 68.7 Å². The topological polar surface area (TPSA) is 12.4 Å². The Hall–Kier alpha value is -1.63. The van der Waals surface area contributed by atoms with Crippen molar-refractivity contribution in [3.63, 3.8) is 0 Å². The third kappa shape index (κ3) is 7.29. The Bertz CT molecular complexity index is 583. The largest absolute Gasteiger partial charge is 1.00 e. The predicted molar refractivity (Wildman–Crippen MR) is 111 cm³/mol. The standard InChI is InChI=1S/C23H35N/c1-7-17-24-18-15-20(3)11-8-10-19(2)13-14-22-21(4)12-9-16-23(22,5)6/h8,10-11,13-15,18H,7,9,12,16-17H2,1-6H3/p+1/b11-8+,14-13+,19-10+,20-15-,24-18?. The highest BCUT2D eigenvalue weighted by atomic mass is 14.7. The Morgan fingerprint density at radius 3 is 2.54 bits per heavy atom. The van der Waals surface area contributed by atoms with Gasteiger partial charge in [0.1, 0.15) is 0 Å². The third-order valence-corrected chi connectivity index (χ3v) is 4.57. The molecule has 0 aromatic rings. The van der Waals surface area contributed by atoms with Crippen LogP contribution in [-0.2, 0) is 0 Å². The van der Waals surface area contributed by atoms with Gasteiger partial charge in [0, 0.05) is 12.8 Å². The van der Waals surface area contributed by atoms with Crippen molar-refractivity contribution in [2.75, 3.05) is 6.54 Å². The van der Waals surface area contributed by atoms with Crippen molar-refractivity contribution in [3.8, 4) is 0 Å². The molecule has 1 nitrogen and oxygen atoms in total. The van der Waals surface area contributed by atoms with Gasteiger partial charge in [0.15, 0.2) is 0 Å². The molecule has 0 aromatic carbocycles. The average molecular weight is 327 g/mol. The van der Waals surface area contributed by atoms with E-state index in [9.17, 15) is 0 Å². The van der Waals surface area contributed by atoms with Crippen molar-refractivity contribution in [2.24, 2.45) is 10.4 Å². The molecule has 1 heteroatoms. The molecule has 0 spiro atoms. The molecule has 0 saturated heterocycles. The molecule has 0 unspecified atom stereocenters. The van der Waals surface area contributed by atoms with Crippen molar-refractivity contribution >= 4 is 6.21 Å². The molecule has 1 aliphatic rings. The predicted octanol–water partition coefficient (Wildman–Crippen LogP) is 7.11. The average Bonchev–Trinajstić information content (AvgIpc) is 2.50. The van der Waals surface area contributed by atoms with E-state index in [0.717, 1.165) is 13.0 Å². The van der Waals surface area contributed by atoms with Crippen LogP contribution in [0.15, 0.2) is 63.7 Å². The van der Waals surface area contributed by atoms with Crippen LogP contribution in [0.5, 0.6) is 0 Å². The molecule has 0 fully saturated rings. The fraction of sp³-hybridized carbons (Fsp3) is 0.522. The summed E-state index contributed by atoms with van der Waals surface area (Å²) in [5.74, 6) is 0. The zero-order chi connectivity index (χ0) is 18.0. The van der Waals surface area contributed by atoms with E-state index in [1.54, 1.807) is 5.57 Å². The molecule has 0 radical (unpaired) electrons. The van der Waals surface area contributed by atoms with Crippen molar-refractivity contribution in [2.45, 2.75) is 67.2 Å². The van der Waals surface area contributed by atoms with E-state index in [2.05, 4.69) is 83.0 Å². The van der Waals surface area contributed by atoms with E-state index in [4.69, 9.17) is 0 Å². The summed E-state index contributed by atoms with van der Waals surface area (Å²) in [4.78, 5) is 4.31. The molecule has 0 saturated carbocycles. The van der Waals surface area contributed by atoms with Gasteiger partial charge in [0.2, 0.25) is 0 Å². The van der Waals surface area contributed by atoms with E-state index in [-0.39, 0.29) is 1.43 Å². The van der Waals surface area contributed by atoms with Crippen LogP contribution in [0.25, 0.3) is 0 Å². The lowest BCUT2D eigenvalue weighted by Crippen LogP contribution is -2.19. The van der Waals surface area contributed by atoms with Gasteiger partial charge in [-0.15, -0.1) is 0 Å². The number of allylic oxidation sites excluding steroid dienone is 10. The summed E-state index contributed by atoms with van der Waals surface area (Å²) < 4.78 is 0. The zero-order valence-corrected chi connectivity index (χ0v) is 16.5. The smallest absolute Gasteiger partial charge is 0.293 e. The maximum Gasteiger partial charge on any atom is 1.00 e. The molecule has 0 aliphatic heterocycles. The molecule has 0 N–H and O–H groups in total. The first-order valence-electron chi connectivity index (χ1n) is 9.27. The first-order chi connectivity index (χ1) is 11.4. The molecule has 0 atom stereocenters. The van der Waals surface area contributed by atoms with Gasteiger partial charge in [-0.1, -0.05) is 62.3 Å². The van der Waals surface area contributed by atoms with Crippen LogP contribution in [0, 0.1) is 5.41 Å². The minimum atomic E-state index is 0. The molecule has 1 rings (SSSR count). The fourth-order valence-electron chi connectivity index (χ4n) is 3.06. The SMILES string of the molecule is CCCN=C\C=C(C)/C=C/C=C(C)/C=C/C1=C(C)CCCC1(C)C.[H+]. The quantitative estimate of drug-likeness (QED) is 0.349. The summed E-state index contributed by atoms with van der Waals surface area (Å²) in [6.07, 6.45) is 19.9. The first-order valence-corrected chi connectivity index (χ1v) is 9.27. The van der Waals surface area contributed by atoms with Crippen molar-refractivity contribution in [1.82, 2.24) is 0 Å². The van der Waals surface area contributed by atoms with Gasteiger partial charge in [-0.25, -0.2) is 0 Å². The number of nitrogens with zero attached hydrogens (tertiary/aromatic N) is 1. The van der Waals surface area contributed by atoms with Crippen LogP contribution in [0.3, 0.4) is 0 Å². The lowest BCUT2D eigenvalue weighted by atomic mass is 9.72. The monoisotopic (exact) mass is 326 g/mol. The van der Waals surface area contributed by atoms with E-state index in [1.165, 1.54) is 36.0 Å². The van der Waals surface area contributed by atoms with Crippen LogP contribution >= 0.6 is 0 Å². The van der Waals surface area contributed by atoms with E-state index in [1.807, 2.05) is 6.21 Å². The molecule has 0 aromatic heterocycles. The number of hydrogen-bond donors (Lipinski definition) is 0. The second-order valence-corrected chi connectivity index (χ2v) is 7.50. The third-order valence-electron chi connectivity index (χ3n) is 4.57. The minimum Gasteiger partial charge on any atom is -0.293 e. The van der Waals surface area contributed by atoms with E-state index in [0.29, 0.717) is 5.41 Å². The molecular formula is C23H36N+. The minimum absolute atomic E-state index is 0. The number of rotatable bonds is 7. The first kappa shape index (κ1) is 20.4. The van der Waals surface area contributed by atoms with Gasteiger partial charge < -0.3 is 0 Å². The maximum atomic E-state index is 4.31. The van der Waals surface area contributed by atoms with Gasteiger partial charge in [-0.3, -0.25) is 4.99 Å². The molecule has 0 heterocycles. The van der Waals surface area contributed by atoms with Gasteiger partial charge in [-0.2, -0.15) is 0 Å². The lowest BCUT2D eigenvalue weighted by Gasteiger charge is -2.32. The van der Waals surface area contributed by atoms with Crippen LogP contribution < -0.4 is 0 Å². The van der Waals surface area contributed by atoms with Crippen molar-refractivity contribution in [1.29, 1.82) is 0 Å². The van der Waals surface area contributed by atoms with Gasteiger partial charge >= 0.3 is 1.43 Å². The second-order valence-electron chi connectivity index (χ2n) is 7.50. The van der Waals surface area contributed by atoms with Crippen molar-refractivity contribution in [3.05, 3.63) is 58.7 Å². The summed E-state index contributed by atoms with van der Waals surface area (Å²) in [5.41, 5.74) is 5.88. The Morgan fingerprint density at radius 1 is 1.17 bits per heavy atom. The molecule has 0 bridgehead atoms. The molecule has 0 amide bonds. The molecule has 24 heavy (non-hydrogen) atoms. The summed E-state index contributed by atoms with van der Waals surface area (Å²) in [7, 11) is 0. The van der Waals surface area contributed by atoms with Gasteiger partial charge in [0.05, 0.1) is 0 Å². The number of aliphatic imine (C=N–C) groups is 1. The lowest BCUT2D eigenvalue weighted by molar-refractivity contribution is 0.377. The molecular weight excluding hydrogens is 290 g/mol. The van der Waals surface area contributed by atoms with Gasteiger partial charge in [-0.05, 0) is 69.1 Å². The Labute approximate surface area is 151 Å². The molecule has 132 valence electrons. The maximum absolute atomic E-state index is 4.31. The van der Waals surface area contributed by atoms with E-state index >= 15 is 0 Å². The summed E-state index contributed by atoms with van der Waals surface area (Å²) >= 11 is 0. The summed E-state index contributed by atoms with van der Waals surface area (Å²) in [6, 6.07) is 0. The van der Waals surface area contributed by atoms with Gasteiger partial charge in [0.25, 0.3) is 0 Å². The van der Waals surface area contributed by atoms with Crippen LogP contribution in [0.2, 0.25) is 0 Å². The highest BCUT2D eigenvalue weighted by molar-refractivity contribution is 5.72. The second kappa shape index (κ2) is 10.3. The van der Waals surface area contributed by atoms with Crippen LogP contribution in [0.4, 0.5) is 0 Å². The Kier molecular flexibility index (Phi) is 8.74. The normalized spacial score (nSPS) is 20.1. The zero-order valence-electron chi connectivity index (χ0n) is 17.5.